The predicted octanol–water partition coefficient (Wildman–Crippen LogP) is 4.00. The topological polar surface area (TPSA) is 65.2 Å². The molecule has 0 radical (unpaired) electrons. The number of nitrogens with zero attached hydrogens (tertiary/aromatic N) is 2. The lowest BCUT2D eigenvalue weighted by atomic mass is 10.1. The van der Waals surface area contributed by atoms with Crippen LogP contribution in [0, 0.1) is 11.6 Å². The molecule has 0 spiro atoms. The number of hydrogen-bond acceptors (Lipinski definition) is 6. The highest BCUT2D eigenvalue weighted by Gasteiger charge is 2.15. The lowest BCUT2D eigenvalue weighted by Gasteiger charge is -2.03. The standard InChI is InChI=1S/C17H12F2N2O3S/c1-23-15-5-3-2-4-11(15)16-20-21-17(24-16)25-9-14(22)10-6-7-12(18)13(19)8-10/h2-8H,9H2,1H3. The number of ether oxygens (including phenoxy) is 1. The molecule has 0 saturated carbocycles. The second kappa shape index (κ2) is 7.43. The first-order valence-electron chi connectivity index (χ1n) is 7.16. The van der Waals surface area contributed by atoms with Gasteiger partial charge < -0.3 is 9.15 Å². The molecule has 0 aliphatic heterocycles. The second-order valence-corrected chi connectivity index (χ2v) is 5.84. The Bertz CT molecular complexity index is 914. The summed E-state index contributed by atoms with van der Waals surface area (Å²) in [5.41, 5.74) is 0.715. The van der Waals surface area contributed by atoms with Gasteiger partial charge in [0, 0.05) is 5.56 Å². The van der Waals surface area contributed by atoms with Crippen LogP contribution >= 0.6 is 11.8 Å². The molecule has 0 atom stereocenters. The molecular weight excluding hydrogens is 350 g/mol. The first kappa shape index (κ1) is 17.1. The molecule has 5 nitrogen and oxygen atoms in total. The third kappa shape index (κ3) is 3.85. The van der Waals surface area contributed by atoms with Gasteiger partial charge in [-0.05, 0) is 30.3 Å². The van der Waals surface area contributed by atoms with Crippen molar-refractivity contribution in [2.45, 2.75) is 5.22 Å². The van der Waals surface area contributed by atoms with Crippen molar-refractivity contribution in [2.75, 3.05) is 12.9 Å². The summed E-state index contributed by atoms with van der Waals surface area (Å²) < 4.78 is 36.8. The maximum absolute atomic E-state index is 13.2. The third-order valence-electron chi connectivity index (χ3n) is 3.31. The molecule has 3 rings (SSSR count). The Hall–Kier alpha value is -2.74. The Morgan fingerprint density at radius 3 is 2.72 bits per heavy atom. The van der Waals surface area contributed by atoms with Crippen LogP contribution in [0.2, 0.25) is 0 Å². The van der Waals surface area contributed by atoms with E-state index in [-0.39, 0.29) is 28.2 Å². The van der Waals surface area contributed by atoms with Crippen LogP contribution in [-0.2, 0) is 0 Å². The summed E-state index contributed by atoms with van der Waals surface area (Å²) >= 11 is 1.02. The van der Waals surface area contributed by atoms with Crippen molar-refractivity contribution in [1.82, 2.24) is 10.2 Å². The van der Waals surface area contributed by atoms with Crippen LogP contribution in [0.1, 0.15) is 10.4 Å². The van der Waals surface area contributed by atoms with E-state index < -0.39 is 11.6 Å². The van der Waals surface area contributed by atoms with Crippen molar-refractivity contribution >= 4 is 17.5 Å². The summed E-state index contributed by atoms with van der Waals surface area (Å²) in [5.74, 6) is -1.63. The lowest BCUT2D eigenvalue weighted by Crippen LogP contribution is -2.03. The first-order valence-corrected chi connectivity index (χ1v) is 8.15. The number of halogens is 2. The summed E-state index contributed by atoms with van der Waals surface area (Å²) in [6.45, 7) is 0. The van der Waals surface area contributed by atoms with Gasteiger partial charge in [-0.2, -0.15) is 0 Å². The van der Waals surface area contributed by atoms with Gasteiger partial charge >= 0.3 is 0 Å². The van der Waals surface area contributed by atoms with E-state index in [1.54, 1.807) is 12.1 Å². The minimum absolute atomic E-state index is 0.0430. The monoisotopic (exact) mass is 362 g/mol. The number of carbonyl (C=O) groups excluding carboxylic acids is 1. The van der Waals surface area contributed by atoms with Gasteiger partial charge in [0.15, 0.2) is 17.4 Å². The molecule has 1 heterocycles. The number of rotatable bonds is 6. The average molecular weight is 362 g/mol. The highest BCUT2D eigenvalue weighted by molar-refractivity contribution is 7.99. The Morgan fingerprint density at radius 2 is 1.96 bits per heavy atom. The predicted molar refractivity (Wildman–Crippen MR) is 87.7 cm³/mol. The van der Waals surface area contributed by atoms with Crippen LogP contribution in [-0.4, -0.2) is 28.8 Å². The molecule has 0 saturated heterocycles. The van der Waals surface area contributed by atoms with E-state index in [0.717, 1.165) is 23.9 Å². The summed E-state index contributed by atoms with van der Waals surface area (Å²) in [7, 11) is 1.53. The molecular formula is C17H12F2N2O3S. The van der Waals surface area contributed by atoms with Crippen molar-refractivity contribution in [1.29, 1.82) is 0 Å². The fraction of sp³-hybridized carbons (Fsp3) is 0.118. The molecule has 0 unspecified atom stereocenters. The zero-order valence-corrected chi connectivity index (χ0v) is 13.8. The molecule has 0 aliphatic rings. The average Bonchev–Trinajstić information content (AvgIpc) is 3.10. The Labute approximate surface area is 146 Å². The van der Waals surface area contributed by atoms with Gasteiger partial charge in [-0.1, -0.05) is 23.9 Å². The maximum atomic E-state index is 13.2. The molecule has 128 valence electrons. The summed E-state index contributed by atoms with van der Waals surface area (Å²) in [4.78, 5) is 12.0. The van der Waals surface area contributed by atoms with Crippen molar-refractivity contribution in [3.8, 4) is 17.2 Å². The molecule has 8 heteroatoms. The lowest BCUT2D eigenvalue weighted by molar-refractivity contribution is 0.102. The van der Waals surface area contributed by atoms with Gasteiger partial charge in [-0.25, -0.2) is 8.78 Å². The van der Waals surface area contributed by atoms with Crippen LogP contribution in [0.25, 0.3) is 11.5 Å². The maximum Gasteiger partial charge on any atom is 0.277 e. The van der Waals surface area contributed by atoms with Crippen molar-refractivity contribution in [3.05, 3.63) is 59.7 Å². The largest absolute Gasteiger partial charge is 0.496 e. The molecule has 0 bridgehead atoms. The van der Waals surface area contributed by atoms with Crippen molar-refractivity contribution < 1.29 is 22.7 Å². The fourth-order valence-electron chi connectivity index (χ4n) is 2.08. The van der Waals surface area contributed by atoms with E-state index in [1.807, 2.05) is 12.1 Å². The molecule has 0 amide bonds. The third-order valence-corrected chi connectivity index (χ3v) is 4.13. The quantitative estimate of drug-likeness (QED) is 0.488. The SMILES string of the molecule is COc1ccccc1-c1nnc(SCC(=O)c2ccc(F)c(F)c2)o1. The zero-order chi connectivity index (χ0) is 17.8. The Balaban J connectivity index is 1.69. The molecule has 2 aromatic carbocycles. The number of ketones is 1. The summed E-state index contributed by atoms with van der Waals surface area (Å²) in [5, 5.41) is 7.99. The van der Waals surface area contributed by atoms with Crippen LogP contribution < -0.4 is 4.74 Å². The van der Waals surface area contributed by atoms with Gasteiger partial charge in [-0.3, -0.25) is 4.79 Å². The van der Waals surface area contributed by atoms with Gasteiger partial charge in [0.05, 0.1) is 18.4 Å². The van der Waals surface area contributed by atoms with E-state index in [0.29, 0.717) is 11.3 Å². The van der Waals surface area contributed by atoms with E-state index >= 15 is 0 Å². The number of aromatic nitrogens is 2. The highest BCUT2D eigenvalue weighted by atomic mass is 32.2. The number of hydrogen-bond donors (Lipinski definition) is 0. The number of para-hydroxylation sites is 1. The molecule has 0 aliphatic carbocycles. The number of thioether (sulfide) groups is 1. The first-order chi connectivity index (χ1) is 12.1. The second-order valence-electron chi connectivity index (χ2n) is 4.91. The van der Waals surface area contributed by atoms with Crippen molar-refractivity contribution in [3.63, 3.8) is 0 Å². The van der Waals surface area contributed by atoms with Crippen LogP contribution in [0.15, 0.2) is 52.1 Å². The van der Waals surface area contributed by atoms with Crippen LogP contribution in [0.3, 0.4) is 0 Å². The number of carbonyl (C=O) groups is 1. The van der Waals surface area contributed by atoms with E-state index in [9.17, 15) is 13.6 Å². The Morgan fingerprint density at radius 1 is 1.16 bits per heavy atom. The normalized spacial score (nSPS) is 10.7. The number of methoxy groups -OCH3 is 1. The van der Waals surface area contributed by atoms with E-state index in [2.05, 4.69) is 10.2 Å². The van der Waals surface area contributed by atoms with Crippen molar-refractivity contribution in [2.24, 2.45) is 0 Å². The highest BCUT2D eigenvalue weighted by Crippen LogP contribution is 2.30. The van der Waals surface area contributed by atoms with Gasteiger partial charge in [0.25, 0.3) is 11.1 Å². The minimum atomic E-state index is -1.06. The van der Waals surface area contributed by atoms with Crippen LogP contribution in [0.5, 0.6) is 5.75 Å². The minimum Gasteiger partial charge on any atom is -0.496 e. The Kier molecular flexibility index (Phi) is 5.08. The van der Waals surface area contributed by atoms with E-state index in [4.69, 9.17) is 9.15 Å². The fourth-order valence-corrected chi connectivity index (χ4v) is 2.74. The molecule has 3 aromatic rings. The van der Waals surface area contributed by atoms with Gasteiger partial charge in [0.1, 0.15) is 5.75 Å². The summed E-state index contributed by atoms with van der Waals surface area (Å²) in [6, 6.07) is 10.2. The van der Waals surface area contributed by atoms with Gasteiger partial charge in [-0.15, -0.1) is 10.2 Å². The molecule has 1 aromatic heterocycles. The smallest absolute Gasteiger partial charge is 0.277 e. The van der Waals surface area contributed by atoms with E-state index in [1.165, 1.54) is 13.2 Å². The molecule has 0 N–H and O–H groups in total. The number of benzene rings is 2. The number of Topliss-reactive ketones (excluding diaryl/α,β-unsaturated/α-hetero) is 1. The zero-order valence-electron chi connectivity index (χ0n) is 13.0. The molecule has 25 heavy (non-hydrogen) atoms. The summed E-state index contributed by atoms with van der Waals surface area (Å²) in [6.07, 6.45) is 0. The molecule has 0 fully saturated rings. The van der Waals surface area contributed by atoms with Crippen LogP contribution in [0.4, 0.5) is 8.78 Å². The van der Waals surface area contributed by atoms with Gasteiger partial charge in [0.2, 0.25) is 0 Å².